The third kappa shape index (κ3) is 4.23. The number of ether oxygens (including phenoxy) is 3. The van der Waals surface area contributed by atoms with Crippen molar-refractivity contribution in [2.45, 2.75) is 13.2 Å². The Hall–Kier alpha value is -3.53. The Morgan fingerprint density at radius 1 is 0.821 bits per heavy atom. The summed E-state index contributed by atoms with van der Waals surface area (Å²) >= 11 is 0. The fourth-order valence-corrected chi connectivity index (χ4v) is 2.92. The van der Waals surface area contributed by atoms with Gasteiger partial charge in [-0.2, -0.15) is 0 Å². The zero-order chi connectivity index (χ0) is 19.2. The van der Waals surface area contributed by atoms with Gasteiger partial charge in [0.15, 0.2) is 0 Å². The number of fused-ring (bicyclic) bond motifs is 1. The van der Waals surface area contributed by atoms with Crippen LogP contribution in [-0.2, 0) is 13.2 Å². The first-order valence-corrected chi connectivity index (χ1v) is 9.06. The highest BCUT2D eigenvalue weighted by Crippen LogP contribution is 2.24. The molecular weight excluding hydrogens is 350 g/mol. The molecule has 1 aromatic heterocycles. The molecule has 0 saturated carbocycles. The molecule has 1 heterocycles. The van der Waals surface area contributed by atoms with Crippen LogP contribution < -0.4 is 14.2 Å². The molecule has 3 aromatic carbocycles. The van der Waals surface area contributed by atoms with Crippen LogP contribution >= 0.6 is 0 Å². The quantitative estimate of drug-likeness (QED) is 0.448. The minimum Gasteiger partial charge on any atom is -0.496 e. The van der Waals surface area contributed by atoms with E-state index >= 15 is 0 Å². The molecule has 4 heteroatoms. The van der Waals surface area contributed by atoms with Crippen LogP contribution in [0, 0.1) is 6.07 Å². The van der Waals surface area contributed by atoms with Gasteiger partial charge in [-0.25, -0.2) is 4.98 Å². The van der Waals surface area contributed by atoms with Crippen molar-refractivity contribution in [2.24, 2.45) is 0 Å². The second-order valence-electron chi connectivity index (χ2n) is 6.26. The predicted molar refractivity (Wildman–Crippen MR) is 109 cm³/mol. The summed E-state index contributed by atoms with van der Waals surface area (Å²) in [6.07, 6.45) is 0. The smallest absolute Gasteiger partial charge is 0.130 e. The van der Waals surface area contributed by atoms with Crippen LogP contribution in [0.25, 0.3) is 10.9 Å². The summed E-state index contributed by atoms with van der Waals surface area (Å²) in [6, 6.07) is 28.4. The number of benzene rings is 3. The topological polar surface area (TPSA) is 40.6 Å². The van der Waals surface area contributed by atoms with Crippen molar-refractivity contribution in [1.82, 2.24) is 4.98 Å². The van der Waals surface area contributed by atoms with Crippen molar-refractivity contribution in [2.75, 3.05) is 7.11 Å². The molecule has 1 radical (unpaired) electrons. The van der Waals surface area contributed by atoms with Crippen LogP contribution in [-0.4, -0.2) is 12.1 Å². The Morgan fingerprint density at radius 2 is 1.64 bits per heavy atom. The molecule has 0 aliphatic rings. The monoisotopic (exact) mass is 370 g/mol. The summed E-state index contributed by atoms with van der Waals surface area (Å²) in [4.78, 5) is 4.63. The van der Waals surface area contributed by atoms with E-state index in [0.717, 1.165) is 39.4 Å². The fourth-order valence-electron chi connectivity index (χ4n) is 2.92. The molecule has 0 bridgehead atoms. The Labute approximate surface area is 164 Å². The molecule has 0 aliphatic carbocycles. The number of methoxy groups -OCH3 is 1. The van der Waals surface area contributed by atoms with E-state index in [0.29, 0.717) is 13.2 Å². The minimum absolute atomic E-state index is 0.375. The molecule has 4 rings (SSSR count). The van der Waals surface area contributed by atoms with E-state index in [4.69, 9.17) is 14.2 Å². The maximum absolute atomic E-state index is 5.90. The molecule has 0 fully saturated rings. The van der Waals surface area contributed by atoms with Crippen LogP contribution in [0.4, 0.5) is 0 Å². The minimum atomic E-state index is 0.375. The number of hydrogen-bond donors (Lipinski definition) is 0. The Balaban J connectivity index is 1.40. The van der Waals surface area contributed by atoms with Gasteiger partial charge in [0.05, 0.1) is 18.3 Å². The van der Waals surface area contributed by atoms with Gasteiger partial charge in [0.25, 0.3) is 0 Å². The van der Waals surface area contributed by atoms with Crippen molar-refractivity contribution in [1.29, 1.82) is 0 Å². The van der Waals surface area contributed by atoms with E-state index in [2.05, 4.69) is 17.1 Å². The van der Waals surface area contributed by atoms with Gasteiger partial charge in [-0.15, -0.1) is 0 Å². The van der Waals surface area contributed by atoms with Crippen LogP contribution in [0.5, 0.6) is 17.2 Å². The summed E-state index contributed by atoms with van der Waals surface area (Å²) in [6.45, 7) is 0.772. The predicted octanol–water partition coefficient (Wildman–Crippen LogP) is 5.20. The lowest BCUT2D eigenvalue weighted by atomic mass is 10.2. The zero-order valence-corrected chi connectivity index (χ0v) is 15.6. The first-order chi connectivity index (χ1) is 13.8. The van der Waals surface area contributed by atoms with E-state index in [1.54, 1.807) is 7.11 Å². The number of nitrogens with zero attached hydrogens (tertiary/aromatic N) is 1. The average molecular weight is 370 g/mol. The molecule has 0 spiro atoms. The largest absolute Gasteiger partial charge is 0.496 e. The van der Waals surface area contributed by atoms with Gasteiger partial charge in [0.2, 0.25) is 0 Å². The molecule has 0 N–H and O–H groups in total. The second-order valence-corrected chi connectivity index (χ2v) is 6.26. The van der Waals surface area contributed by atoms with E-state index < -0.39 is 0 Å². The second kappa shape index (κ2) is 8.44. The Bertz CT molecular complexity index is 1080. The molecule has 4 aromatic rings. The summed E-state index contributed by atoms with van der Waals surface area (Å²) in [5.74, 6) is 2.22. The number of rotatable bonds is 7. The number of pyridine rings is 1. The molecule has 28 heavy (non-hydrogen) atoms. The van der Waals surface area contributed by atoms with Crippen molar-refractivity contribution >= 4 is 10.9 Å². The zero-order valence-electron chi connectivity index (χ0n) is 15.6. The number of para-hydroxylation sites is 1. The Kier molecular flexibility index (Phi) is 5.38. The summed E-state index contributed by atoms with van der Waals surface area (Å²) in [5.41, 5.74) is 2.72. The van der Waals surface area contributed by atoms with Gasteiger partial charge in [0, 0.05) is 17.0 Å². The van der Waals surface area contributed by atoms with E-state index in [-0.39, 0.29) is 0 Å². The van der Waals surface area contributed by atoms with E-state index in [1.807, 2.05) is 72.8 Å². The maximum Gasteiger partial charge on any atom is 0.130 e. The van der Waals surface area contributed by atoms with Crippen LogP contribution in [0.3, 0.4) is 0 Å². The normalized spacial score (nSPS) is 10.6. The van der Waals surface area contributed by atoms with Crippen molar-refractivity contribution in [3.05, 3.63) is 96.2 Å². The number of hydrogen-bond acceptors (Lipinski definition) is 4. The highest BCUT2D eigenvalue weighted by atomic mass is 16.5. The standard InChI is InChI=1S/C24H20NO3/c1-26-24-12-5-3-8-19(24)16-27-21-9-6-10-22(15-21)28-17-20-14-13-18-7-2-4-11-23(18)25-20/h2-7,9-15H,16-17H2,1H3. The average Bonchev–Trinajstić information content (AvgIpc) is 2.76. The molecule has 0 amide bonds. The van der Waals surface area contributed by atoms with Crippen molar-refractivity contribution in [3.8, 4) is 17.2 Å². The molecule has 0 unspecified atom stereocenters. The SMILES string of the molecule is COc1ccc[c]c1COc1cccc(OCc2ccc3ccccc3n2)c1. The van der Waals surface area contributed by atoms with Gasteiger partial charge in [-0.05, 0) is 36.4 Å². The first-order valence-electron chi connectivity index (χ1n) is 9.06. The lowest BCUT2D eigenvalue weighted by Crippen LogP contribution is -2.00. The van der Waals surface area contributed by atoms with Crippen LogP contribution in [0.15, 0.2) is 78.9 Å². The number of aromatic nitrogens is 1. The van der Waals surface area contributed by atoms with Gasteiger partial charge in [-0.3, -0.25) is 0 Å². The van der Waals surface area contributed by atoms with Crippen LogP contribution in [0.2, 0.25) is 0 Å². The summed E-state index contributed by atoms with van der Waals surface area (Å²) in [7, 11) is 1.64. The van der Waals surface area contributed by atoms with Crippen LogP contribution in [0.1, 0.15) is 11.3 Å². The van der Waals surface area contributed by atoms with Gasteiger partial charge in [-0.1, -0.05) is 42.5 Å². The van der Waals surface area contributed by atoms with Gasteiger partial charge in [0.1, 0.15) is 30.5 Å². The Morgan fingerprint density at radius 3 is 2.50 bits per heavy atom. The van der Waals surface area contributed by atoms with Gasteiger partial charge >= 0.3 is 0 Å². The lowest BCUT2D eigenvalue weighted by molar-refractivity contribution is 0.283. The molecule has 4 nitrogen and oxygen atoms in total. The molecule has 0 saturated heterocycles. The van der Waals surface area contributed by atoms with E-state index in [1.165, 1.54) is 0 Å². The third-order valence-electron chi connectivity index (χ3n) is 4.35. The molecule has 0 aliphatic heterocycles. The highest BCUT2D eigenvalue weighted by Gasteiger charge is 2.05. The molecule has 139 valence electrons. The van der Waals surface area contributed by atoms with Crippen molar-refractivity contribution in [3.63, 3.8) is 0 Å². The summed E-state index contributed by atoms with van der Waals surface area (Å²) in [5, 5.41) is 1.12. The van der Waals surface area contributed by atoms with Crippen molar-refractivity contribution < 1.29 is 14.2 Å². The first kappa shape index (κ1) is 17.9. The molecule has 0 atom stereocenters. The van der Waals surface area contributed by atoms with Gasteiger partial charge < -0.3 is 14.2 Å². The van der Waals surface area contributed by atoms with E-state index in [9.17, 15) is 0 Å². The summed E-state index contributed by atoms with van der Waals surface area (Å²) < 4.78 is 17.1. The highest BCUT2D eigenvalue weighted by molar-refractivity contribution is 5.78. The third-order valence-corrected chi connectivity index (χ3v) is 4.35. The lowest BCUT2D eigenvalue weighted by Gasteiger charge is -2.11. The maximum atomic E-state index is 5.90. The fraction of sp³-hybridized carbons (Fsp3) is 0.125. The molecular formula is C24H20NO3.